The summed E-state index contributed by atoms with van der Waals surface area (Å²) in [6.07, 6.45) is -2.36. The van der Waals surface area contributed by atoms with E-state index in [1.807, 2.05) is 35.8 Å². The summed E-state index contributed by atoms with van der Waals surface area (Å²) in [6.45, 7) is 5.84. The first-order valence-electron chi connectivity index (χ1n) is 12.8. The third kappa shape index (κ3) is 6.68. The van der Waals surface area contributed by atoms with E-state index in [-0.39, 0.29) is 11.9 Å². The van der Waals surface area contributed by atoms with E-state index in [9.17, 15) is 18.0 Å². The molecule has 0 aliphatic carbocycles. The topological polar surface area (TPSA) is 99.2 Å². The summed E-state index contributed by atoms with van der Waals surface area (Å²) in [5.74, 6) is 0.986. The lowest BCUT2D eigenvalue weighted by molar-refractivity contribution is -0.137. The quantitative estimate of drug-likeness (QED) is 0.258. The van der Waals surface area contributed by atoms with Gasteiger partial charge in [-0.3, -0.25) is 10.1 Å². The van der Waals surface area contributed by atoms with E-state index in [4.69, 9.17) is 11.6 Å². The molecule has 1 amide bonds. The molecule has 1 aliphatic heterocycles. The second kappa shape index (κ2) is 11.9. The molecule has 0 bridgehead atoms. The number of amides is 1. The minimum atomic E-state index is -4.39. The monoisotopic (exact) mass is 602 g/mol. The van der Waals surface area contributed by atoms with Gasteiger partial charge in [-0.2, -0.15) is 28.1 Å². The molecule has 2 aromatic heterocycles. The van der Waals surface area contributed by atoms with Crippen LogP contribution < -0.4 is 20.4 Å². The van der Waals surface area contributed by atoms with Gasteiger partial charge in [-0.15, -0.1) is 0 Å². The van der Waals surface area contributed by atoms with Crippen LogP contribution in [-0.4, -0.2) is 52.0 Å². The lowest BCUT2D eigenvalue weighted by atomic mass is 10.1. The van der Waals surface area contributed by atoms with Crippen LogP contribution >= 0.6 is 22.9 Å². The number of benzene rings is 2. The summed E-state index contributed by atoms with van der Waals surface area (Å²) in [7, 11) is 0. The maximum atomic E-state index is 13.2. The Morgan fingerprint density at radius 1 is 1.05 bits per heavy atom. The van der Waals surface area contributed by atoms with Gasteiger partial charge in [-0.1, -0.05) is 48.1 Å². The molecule has 41 heavy (non-hydrogen) atoms. The average Bonchev–Trinajstić information content (AvgIpc) is 3.43. The third-order valence-corrected chi connectivity index (χ3v) is 7.72. The van der Waals surface area contributed by atoms with Crippen LogP contribution in [0.1, 0.15) is 33.5 Å². The van der Waals surface area contributed by atoms with Crippen molar-refractivity contribution in [1.82, 2.24) is 19.9 Å². The molecule has 214 valence electrons. The predicted octanol–water partition coefficient (Wildman–Crippen LogP) is 6.19. The number of aromatic nitrogens is 4. The fourth-order valence-corrected chi connectivity index (χ4v) is 5.28. The van der Waals surface area contributed by atoms with Gasteiger partial charge in [0, 0.05) is 38.3 Å². The molecule has 1 fully saturated rings. The highest BCUT2D eigenvalue weighted by molar-refractivity contribution is 7.17. The van der Waals surface area contributed by atoms with Crippen LogP contribution in [0.15, 0.2) is 48.7 Å². The van der Waals surface area contributed by atoms with Crippen LogP contribution in [0.3, 0.4) is 0 Å². The van der Waals surface area contributed by atoms with Gasteiger partial charge < -0.3 is 15.1 Å². The molecule has 14 heteroatoms. The molecule has 0 atom stereocenters. The van der Waals surface area contributed by atoms with E-state index in [0.717, 1.165) is 23.0 Å². The van der Waals surface area contributed by atoms with Crippen molar-refractivity contribution in [1.29, 1.82) is 0 Å². The molecule has 2 N–H and O–H groups in total. The first-order valence-corrected chi connectivity index (χ1v) is 14.0. The van der Waals surface area contributed by atoms with Crippen molar-refractivity contribution < 1.29 is 18.0 Å². The molecule has 0 radical (unpaired) electrons. The van der Waals surface area contributed by atoms with Crippen LogP contribution in [0.4, 0.5) is 41.6 Å². The molecule has 9 nitrogen and oxygen atoms in total. The number of thiazole rings is 1. The molecule has 1 aliphatic rings. The number of halogens is 4. The summed E-state index contributed by atoms with van der Waals surface area (Å²) in [5.41, 5.74) is 1.25. The van der Waals surface area contributed by atoms with Crippen LogP contribution in [0.5, 0.6) is 0 Å². The number of carbonyl (C=O) groups is 1. The number of nitrogens with one attached hydrogen (secondary N) is 2. The van der Waals surface area contributed by atoms with Crippen LogP contribution in [0, 0.1) is 6.92 Å². The maximum Gasteiger partial charge on any atom is 0.416 e. The van der Waals surface area contributed by atoms with Crippen LogP contribution in [-0.2, 0) is 12.6 Å². The number of nitrogens with zero attached hydrogens (tertiary/aromatic N) is 6. The Labute approximate surface area is 243 Å². The third-order valence-electron chi connectivity index (χ3n) is 6.50. The lowest BCUT2D eigenvalue weighted by Crippen LogP contribution is -2.47. The minimum absolute atomic E-state index is 0.287. The molecule has 3 heterocycles. The van der Waals surface area contributed by atoms with Gasteiger partial charge in [0.05, 0.1) is 22.5 Å². The number of anilines is 5. The Morgan fingerprint density at radius 3 is 2.49 bits per heavy atom. The molecule has 1 saturated heterocycles. The van der Waals surface area contributed by atoms with Crippen molar-refractivity contribution >= 4 is 57.2 Å². The zero-order chi connectivity index (χ0) is 29.1. The molecule has 2 aromatic carbocycles. The smallest absolute Gasteiger partial charge is 0.368 e. The molecular weight excluding hydrogens is 577 g/mol. The van der Waals surface area contributed by atoms with E-state index >= 15 is 0 Å². The summed E-state index contributed by atoms with van der Waals surface area (Å²) in [5, 5.41) is 6.78. The van der Waals surface area contributed by atoms with Crippen LogP contribution in [0.25, 0.3) is 0 Å². The zero-order valence-electron chi connectivity index (χ0n) is 22.2. The molecule has 0 unspecified atom stereocenters. The summed E-state index contributed by atoms with van der Waals surface area (Å²) in [6, 6.07) is 10.7. The SMILES string of the molecule is CCc1nc(Nc2ncc(C(=O)Nc3c(C)cccc3Cl)s2)nc(N2CCN(c3cccc(C(F)(F)F)c3)CC2)n1. The van der Waals surface area contributed by atoms with Crippen molar-refractivity contribution in [2.75, 3.05) is 46.6 Å². The van der Waals surface area contributed by atoms with Gasteiger partial charge in [0.25, 0.3) is 5.91 Å². The Bertz CT molecular complexity index is 1540. The predicted molar refractivity (Wildman–Crippen MR) is 155 cm³/mol. The second-order valence-corrected chi connectivity index (χ2v) is 10.7. The molecule has 0 spiro atoms. The number of carbonyl (C=O) groups excluding carboxylic acids is 1. The number of alkyl halides is 3. The van der Waals surface area contributed by atoms with E-state index in [1.54, 1.807) is 12.1 Å². The summed E-state index contributed by atoms with van der Waals surface area (Å²) < 4.78 is 39.5. The molecular formula is C27H26ClF3N8OS. The fourth-order valence-electron chi connectivity index (χ4n) is 4.30. The highest BCUT2D eigenvalue weighted by atomic mass is 35.5. The van der Waals surface area contributed by atoms with Crippen molar-refractivity contribution in [3.8, 4) is 0 Å². The van der Waals surface area contributed by atoms with Crippen molar-refractivity contribution in [3.63, 3.8) is 0 Å². The highest BCUT2D eigenvalue weighted by Gasteiger charge is 2.31. The summed E-state index contributed by atoms with van der Waals surface area (Å²) >= 11 is 7.38. The van der Waals surface area contributed by atoms with E-state index in [0.29, 0.717) is 70.8 Å². The van der Waals surface area contributed by atoms with Gasteiger partial charge >= 0.3 is 6.18 Å². The zero-order valence-corrected chi connectivity index (χ0v) is 23.7. The van der Waals surface area contributed by atoms with E-state index < -0.39 is 11.7 Å². The standard InChI is InChI=1S/C27H26ClF3N8OS/c1-3-21-33-24(37-26-32-15-20(41-26)23(40)35-22-16(2)6-4-9-19(22)28)36-25(34-21)39-12-10-38(11-13-39)18-8-5-7-17(14-18)27(29,30)31/h4-9,14-15H,3,10-13H2,1-2H3,(H,35,40)(H,32,33,34,36,37). The molecule has 4 aromatic rings. The minimum Gasteiger partial charge on any atom is -0.368 e. The van der Waals surface area contributed by atoms with Crippen molar-refractivity contribution in [2.24, 2.45) is 0 Å². The highest BCUT2D eigenvalue weighted by Crippen LogP contribution is 2.32. The second-order valence-electron chi connectivity index (χ2n) is 9.29. The Kier molecular flexibility index (Phi) is 8.27. The first-order chi connectivity index (χ1) is 19.6. The molecule has 0 saturated carbocycles. The van der Waals surface area contributed by atoms with Gasteiger partial charge in [0.15, 0.2) is 5.13 Å². The Morgan fingerprint density at radius 2 is 1.78 bits per heavy atom. The number of para-hydroxylation sites is 1. The first kappa shape index (κ1) is 28.6. The Balaban J connectivity index is 1.26. The molecule has 5 rings (SSSR count). The van der Waals surface area contributed by atoms with Gasteiger partial charge in [-0.25, -0.2) is 4.98 Å². The lowest BCUT2D eigenvalue weighted by Gasteiger charge is -2.36. The number of aryl methyl sites for hydroxylation is 2. The number of hydrogen-bond donors (Lipinski definition) is 2. The largest absolute Gasteiger partial charge is 0.416 e. The van der Waals surface area contributed by atoms with Gasteiger partial charge in [-0.05, 0) is 36.8 Å². The average molecular weight is 603 g/mol. The normalized spacial score (nSPS) is 13.8. The maximum absolute atomic E-state index is 13.2. The van der Waals surface area contributed by atoms with Gasteiger partial charge in [0.2, 0.25) is 11.9 Å². The van der Waals surface area contributed by atoms with E-state index in [2.05, 4.69) is 30.6 Å². The number of hydrogen-bond acceptors (Lipinski definition) is 9. The van der Waals surface area contributed by atoms with Gasteiger partial charge in [0.1, 0.15) is 10.7 Å². The summed E-state index contributed by atoms with van der Waals surface area (Å²) in [4.78, 5) is 35.0. The fraction of sp³-hybridized carbons (Fsp3) is 0.296. The number of rotatable bonds is 7. The van der Waals surface area contributed by atoms with Crippen molar-refractivity contribution in [2.45, 2.75) is 26.4 Å². The number of piperazine rings is 1. The Hall–Kier alpha value is -3.97. The van der Waals surface area contributed by atoms with Crippen LogP contribution in [0.2, 0.25) is 5.02 Å². The van der Waals surface area contributed by atoms with Crippen molar-refractivity contribution in [3.05, 3.63) is 75.5 Å². The van der Waals surface area contributed by atoms with E-state index in [1.165, 1.54) is 18.3 Å².